The van der Waals surface area contributed by atoms with Crippen molar-refractivity contribution in [3.05, 3.63) is 65.9 Å². The molecule has 1 heterocycles. The number of nitrogens with zero attached hydrogens (tertiary/aromatic N) is 3. The predicted molar refractivity (Wildman–Crippen MR) is 104 cm³/mol. The van der Waals surface area contributed by atoms with Crippen LogP contribution in [0.5, 0.6) is 5.75 Å². The van der Waals surface area contributed by atoms with Gasteiger partial charge in [0, 0.05) is 17.3 Å². The monoisotopic (exact) mass is 349 g/mol. The van der Waals surface area contributed by atoms with E-state index in [1.54, 1.807) is 4.68 Å². The van der Waals surface area contributed by atoms with Gasteiger partial charge in [0.15, 0.2) is 0 Å². The lowest BCUT2D eigenvalue weighted by atomic mass is 10.1. The fraction of sp³-hybridized carbons (Fsp3) is 0.238. The van der Waals surface area contributed by atoms with Crippen LogP contribution in [0.4, 0.5) is 0 Å². The number of hydrogen-bond donors (Lipinski definition) is 1. The van der Waals surface area contributed by atoms with E-state index in [4.69, 9.17) is 9.94 Å². The Labute approximate surface area is 153 Å². The Kier molecular flexibility index (Phi) is 5.69. The average Bonchev–Trinajstić information content (AvgIpc) is 3.08. The number of ether oxygens (including phenoxy) is 1. The number of rotatable bonds is 7. The van der Waals surface area contributed by atoms with Crippen molar-refractivity contribution < 1.29 is 9.94 Å². The lowest BCUT2D eigenvalue weighted by Crippen LogP contribution is -1.98. The summed E-state index contributed by atoms with van der Waals surface area (Å²) >= 11 is 0. The average molecular weight is 349 g/mol. The first-order valence-corrected chi connectivity index (χ1v) is 8.79. The molecule has 0 aliphatic rings. The van der Waals surface area contributed by atoms with Crippen molar-refractivity contribution in [1.82, 2.24) is 9.78 Å². The minimum absolute atomic E-state index is 0.724. The number of aryl methyl sites for hydroxylation is 1. The van der Waals surface area contributed by atoms with Gasteiger partial charge in [0.05, 0.1) is 18.5 Å². The maximum absolute atomic E-state index is 9.00. The Morgan fingerprint density at radius 3 is 2.69 bits per heavy atom. The SMILES string of the molecule is CCCCOc1ccc(-c2nn(-c3ccccc3)cc2/C=N\O)cc1C. The van der Waals surface area contributed by atoms with Gasteiger partial charge in [-0.1, -0.05) is 36.7 Å². The molecule has 0 saturated heterocycles. The third-order valence-electron chi connectivity index (χ3n) is 4.16. The van der Waals surface area contributed by atoms with Crippen LogP contribution in [0.3, 0.4) is 0 Å². The molecule has 2 aromatic carbocycles. The molecule has 5 heteroatoms. The Morgan fingerprint density at radius 2 is 2.00 bits per heavy atom. The van der Waals surface area contributed by atoms with Crippen molar-refractivity contribution >= 4 is 6.21 Å². The second kappa shape index (κ2) is 8.34. The number of aromatic nitrogens is 2. The molecule has 26 heavy (non-hydrogen) atoms. The van der Waals surface area contributed by atoms with Gasteiger partial charge in [-0.05, 0) is 49.2 Å². The lowest BCUT2D eigenvalue weighted by molar-refractivity contribution is 0.307. The van der Waals surface area contributed by atoms with Crippen molar-refractivity contribution in [3.8, 4) is 22.7 Å². The highest BCUT2D eigenvalue weighted by Gasteiger charge is 2.13. The molecule has 0 aliphatic carbocycles. The fourth-order valence-corrected chi connectivity index (χ4v) is 2.77. The minimum Gasteiger partial charge on any atom is -0.493 e. The molecule has 0 radical (unpaired) electrons. The van der Waals surface area contributed by atoms with Gasteiger partial charge in [-0.15, -0.1) is 0 Å². The van der Waals surface area contributed by atoms with Gasteiger partial charge in [-0.25, -0.2) is 4.68 Å². The summed E-state index contributed by atoms with van der Waals surface area (Å²) < 4.78 is 7.61. The zero-order valence-electron chi connectivity index (χ0n) is 15.1. The van der Waals surface area contributed by atoms with Gasteiger partial charge < -0.3 is 9.94 Å². The molecule has 134 valence electrons. The van der Waals surface area contributed by atoms with Crippen molar-refractivity contribution in [2.24, 2.45) is 5.16 Å². The Morgan fingerprint density at radius 1 is 1.19 bits per heavy atom. The summed E-state index contributed by atoms with van der Waals surface area (Å²) in [5.74, 6) is 0.891. The number of benzene rings is 2. The molecule has 1 aromatic heterocycles. The number of oxime groups is 1. The topological polar surface area (TPSA) is 59.6 Å². The molecule has 0 bridgehead atoms. The second-order valence-corrected chi connectivity index (χ2v) is 6.14. The van der Waals surface area contributed by atoms with Gasteiger partial charge in [-0.3, -0.25) is 0 Å². The smallest absolute Gasteiger partial charge is 0.122 e. The van der Waals surface area contributed by atoms with Crippen molar-refractivity contribution in [3.63, 3.8) is 0 Å². The fourth-order valence-electron chi connectivity index (χ4n) is 2.77. The van der Waals surface area contributed by atoms with Gasteiger partial charge >= 0.3 is 0 Å². The molecule has 3 rings (SSSR count). The summed E-state index contributed by atoms with van der Waals surface area (Å²) in [4.78, 5) is 0. The van der Waals surface area contributed by atoms with E-state index in [0.29, 0.717) is 0 Å². The summed E-state index contributed by atoms with van der Waals surface area (Å²) in [6.07, 6.45) is 5.41. The quantitative estimate of drug-likeness (QED) is 0.287. The maximum Gasteiger partial charge on any atom is 0.122 e. The van der Waals surface area contributed by atoms with Crippen LogP contribution in [0, 0.1) is 6.92 Å². The first-order chi connectivity index (χ1) is 12.7. The van der Waals surface area contributed by atoms with Crippen molar-refractivity contribution in [2.45, 2.75) is 26.7 Å². The van der Waals surface area contributed by atoms with E-state index < -0.39 is 0 Å². The molecule has 1 N–H and O–H groups in total. The van der Waals surface area contributed by atoms with Crippen LogP contribution in [-0.2, 0) is 0 Å². The summed E-state index contributed by atoms with van der Waals surface area (Å²) in [7, 11) is 0. The molecular formula is C21H23N3O2. The van der Waals surface area contributed by atoms with Crippen molar-refractivity contribution in [2.75, 3.05) is 6.61 Å². The minimum atomic E-state index is 0.724. The van der Waals surface area contributed by atoms with E-state index in [1.165, 1.54) is 6.21 Å². The van der Waals surface area contributed by atoms with E-state index >= 15 is 0 Å². The first-order valence-electron chi connectivity index (χ1n) is 8.79. The first kappa shape index (κ1) is 17.7. The predicted octanol–water partition coefficient (Wildman–Crippen LogP) is 4.83. The third kappa shape index (κ3) is 3.94. The van der Waals surface area contributed by atoms with E-state index in [0.717, 1.165) is 53.3 Å². The van der Waals surface area contributed by atoms with Crippen LogP contribution < -0.4 is 4.74 Å². The Bertz CT molecular complexity index is 886. The summed E-state index contributed by atoms with van der Waals surface area (Å²) in [5.41, 5.74) is 4.46. The van der Waals surface area contributed by atoms with Crippen LogP contribution in [0.2, 0.25) is 0 Å². The van der Waals surface area contributed by atoms with Crippen LogP contribution in [0.1, 0.15) is 30.9 Å². The largest absolute Gasteiger partial charge is 0.493 e. The molecule has 0 aliphatic heterocycles. The molecule has 0 fully saturated rings. The zero-order valence-corrected chi connectivity index (χ0v) is 15.1. The van der Waals surface area contributed by atoms with Gasteiger partial charge in [0.2, 0.25) is 0 Å². The number of hydrogen-bond acceptors (Lipinski definition) is 4. The molecule has 0 unspecified atom stereocenters. The van der Waals surface area contributed by atoms with Crippen LogP contribution in [0.15, 0.2) is 59.9 Å². The highest BCUT2D eigenvalue weighted by molar-refractivity contribution is 5.88. The highest BCUT2D eigenvalue weighted by Crippen LogP contribution is 2.28. The summed E-state index contributed by atoms with van der Waals surface area (Å²) in [6.45, 7) is 4.90. The van der Waals surface area contributed by atoms with E-state index in [2.05, 4.69) is 17.2 Å². The summed E-state index contributed by atoms with van der Waals surface area (Å²) in [5, 5.41) is 16.9. The van der Waals surface area contributed by atoms with Gasteiger partial charge in [0.1, 0.15) is 11.4 Å². The van der Waals surface area contributed by atoms with E-state index in [-0.39, 0.29) is 0 Å². The molecule has 0 saturated carbocycles. The molecule has 0 spiro atoms. The Balaban J connectivity index is 1.95. The van der Waals surface area contributed by atoms with Gasteiger partial charge in [0.25, 0.3) is 0 Å². The third-order valence-corrected chi connectivity index (χ3v) is 4.16. The van der Waals surface area contributed by atoms with E-state index in [1.807, 2.05) is 61.7 Å². The van der Waals surface area contributed by atoms with Gasteiger partial charge in [-0.2, -0.15) is 5.10 Å². The molecule has 5 nitrogen and oxygen atoms in total. The summed E-state index contributed by atoms with van der Waals surface area (Å²) in [6, 6.07) is 15.9. The van der Waals surface area contributed by atoms with Crippen LogP contribution in [-0.4, -0.2) is 27.8 Å². The lowest BCUT2D eigenvalue weighted by Gasteiger charge is -2.10. The standard InChI is InChI=1S/C21H23N3O2/c1-3-4-12-26-20-11-10-17(13-16(20)2)21-18(14-22-25)15-24(23-21)19-8-6-5-7-9-19/h5-11,13-15,25H,3-4,12H2,1-2H3/b22-14-. The second-order valence-electron chi connectivity index (χ2n) is 6.14. The molecule has 0 amide bonds. The molecule has 3 aromatic rings. The van der Waals surface area contributed by atoms with Crippen LogP contribution in [0.25, 0.3) is 16.9 Å². The highest BCUT2D eigenvalue weighted by atomic mass is 16.5. The van der Waals surface area contributed by atoms with Crippen molar-refractivity contribution in [1.29, 1.82) is 0 Å². The zero-order chi connectivity index (χ0) is 18.4. The number of para-hydroxylation sites is 1. The normalized spacial score (nSPS) is 11.2. The Hall–Kier alpha value is -3.08. The number of unbranched alkanes of at least 4 members (excludes halogenated alkanes) is 1. The van der Waals surface area contributed by atoms with E-state index in [9.17, 15) is 0 Å². The van der Waals surface area contributed by atoms with Crippen LogP contribution >= 0.6 is 0 Å². The molecular weight excluding hydrogens is 326 g/mol. The maximum atomic E-state index is 9.00. The molecule has 0 atom stereocenters.